The number of esters is 1. The number of nitrogens with zero attached hydrogens (tertiary/aromatic N) is 1. The second kappa shape index (κ2) is 6.65. The number of nitrogens with two attached hydrogens (primary N) is 2. The molecule has 0 radical (unpaired) electrons. The van der Waals surface area contributed by atoms with Gasteiger partial charge in [0.25, 0.3) is 5.91 Å². The second-order valence-electron chi connectivity index (χ2n) is 4.59. The molecular weight excluding hydrogens is 302 g/mol. The van der Waals surface area contributed by atoms with E-state index in [1.54, 1.807) is 24.3 Å². The molecular formula is C15H15N3O5. The van der Waals surface area contributed by atoms with Crippen molar-refractivity contribution in [3.05, 3.63) is 63.6 Å². The molecule has 1 heterocycles. The number of hydrogen-bond donors (Lipinski definition) is 2. The maximum Gasteiger partial charge on any atom is 0.343 e. The number of amides is 1. The first-order valence-electron chi connectivity index (χ1n) is 6.55. The summed E-state index contributed by atoms with van der Waals surface area (Å²) in [6.45, 7) is 0.000978. The summed E-state index contributed by atoms with van der Waals surface area (Å²) in [6, 6.07) is 8.95. The predicted molar refractivity (Wildman–Crippen MR) is 81.5 cm³/mol. The smallest absolute Gasteiger partial charge is 0.343 e. The highest BCUT2D eigenvalue weighted by Crippen LogP contribution is 2.15. The second-order valence-corrected chi connectivity index (χ2v) is 4.59. The van der Waals surface area contributed by atoms with Crippen molar-refractivity contribution < 1.29 is 19.1 Å². The molecule has 0 atom stereocenters. The zero-order valence-electron chi connectivity index (χ0n) is 12.3. The number of methoxy groups -OCH3 is 1. The van der Waals surface area contributed by atoms with Crippen LogP contribution in [0.1, 0.15) is 26.4 Å². The minimum absolute atomic E-state index is 0.000978. The van der Waals surface area contributed by atoms with E-state index < -0.39 is 23.1 Å². The van der Waals surface area contributed by atoms with Gasteiger partial charge in [0.05, 0.1) is 7.11 Å². The lowest BCUT2D eigenvalue weighted by molar-refractivity contribution is 0.0597. The van der Waals surface area contributed by atoms with Crippen LogP contribution in [0.5, 0.6) is 5.75 Å². The Morgan fingerprint density at radius 3 is 2.43 bits per heavy atom. The number of rotatable bonds is 5. The van der Waals surface area contributed by atoms with Crippen LogP contribution in [0.4, 0.5) is 0 Å². The average molecular weight is 317 g/mol. The van der Waals surface area contributed by atoms with Crippen LogP contribution in [0.25, 0.3) is 0 Å². The molecule has 8 nitrogen and oxygen atoms in total. The molecule has 0 aliphatic carbocycles. The Morgan fingerprint density at radius 2 is 1.87 bits per heavy atom. The van der Waals surface area contributed by atoms with Gasteiger partial charge in [-0.15, -0.1) is 0 Å². The number of carbonyl (C=O) groups is 2. The lowest BCUT2D eigenvalue weighted by Crippen LogP contribution is -2.32. The van der Waals surface area contributed by atoms with Gasteiger partial charge in [-0.05, 0) is 5.56 Å². The highest BCUT2D eigenvalue weighted by atomic mass is 16.5. The van der Waals surface area contributed by atoms with Gasteiger partial charge in [-0.25, -0.2) is 4.79 Å². The Hall–Kier alpha value is -3.29. The fraction of sp³-hybridized carbons (Fsp3) is 0.133. The monoisotopic (exact) mass is 317 g/mol. The molecule has 4 N–H and O–H groups in total. The number of aromatic nitrogens is 1. The molecule has 0 aliphatic heterocycles. The molecule has 1 amide bonds. The van der Waals surface area contributed by atoms with Crippen LogP contribution in [-0.4, -0.2) is 23.7 Å². The molecule has 1 aromatic carbocycles. The summed E-state index contributed by atoms with van der Waals surface area (Å²) >= 11 is 0. The molecule has 120 valence electrons. The molecule has 8 heteroatoms. The van der Waals surface area contributed by atoms with Gasteiger partial charge in [0.1, 0.15) is 12.2 Å². The molecule has 2 rings (SSSR count). The quantitative estimate of drug-likeness (QED) is 0.591. The standard InChI is InChI=1S/C15H15N3O5/c1-22-15(21)10-7-18(17)11(14(16)20)13(12(10)19)23-8-9-5-3-2-4-6-9/h2-7H,8,17H2,1H3,(H2,16,20). The summed E-state index contributed by atoms with van der Waals surface area (Å²) in [7, 11) is 1.12. The van der Waals surface area contributed by atoms with Crippen LogP contribution in [0.2, 0.25) is 0 Å². The van der Waals surface area contributed by atoms with Gasteiger partial charge in [0.2, 0.25) is 5.43 Å². The first-order chi connectivity index (χ1) is 11.0. The molecule has 0 saturated carbocycles. The fourth-order valence-electron chi connectivity index (χ4n) is 1.97. The minimum atomic E-state index is -0.955. The molecule has 23 heavy (non-hydrogen) atoms. The first-order valence-corrected chi connectivity index (χ1v) is 6.55. The van der Waals surface area contributed by atoms with Gasteiger partial charge in [0, 0.05) is 6.20 Å². The highest BCUT2D eigenvalue weighted by molar-refractivity contribution is 5.96. The predicted octanol–water partition coefficient (Wildman–Crippen LogP) is 0.0266. The average Bonchev–Trinajstić information content (AvgIpc) is 2.54. The Bertz CT molecular complexity index is 799. The van der Waals surface area contributed by atoms with E-state index in [9.17, 15) is 14.4 Å². The van der Waals surface area contributed by atoms with Crippen molar-refractivity contribution in [2.75, 3.05) is 13.0 Å². The Morgan fingerprint density at radius 1 is 1.22 bits per heavy atom. The third-order valence-corrected chi connectivity index (χ3v) is 3.06. The topological polar surface area (TPSA) is 127 Å². The number of ether oxygens (including phenoxy) is 2. The maximum absolute atomic E-state index is 12.4. The van der Waals surface area contributed by atoms with Gasteiger partial charge in [-0.2, -0.15) is 0 Å². The summed E-state index contributed by atoms with van der Waals surface area (Å²) in [5.41, 5.74) is 4.49. The Kier molecular flexibility index (Phi) is 4.65. The van der Waals surface area contributed by atoms with E-state index in [1.165, 1.54) is 0 Å². The third-order valence-electron chi connectivity index (χ3n) is 3.06. The summed E-state index contributed by atoms with van der Waals surface area (Å²) in [6.07, 6.45) is 0.976. The normalized spacial score (nSPS) is 10.1. The third kappa shape index (κ3) is 3.31. The molecule has 0 fully saturated rings. The van der Waals surface area contributed by atoms with Crippen molar-refractivity contribution in [1.82, 2.24) is 4.68 Å². The first kappa shape index (κ1) is 16.1. The minimum Gasteiger partial charge on any atom is -0.482 e. The van der Waals surface area contributed by atoms with Crippen LogP contribution < -0.4 is 21.7 Å². The van der Waals surface area contributed by atoms with Crippen molar-refractivity contribution in [3.8, 4) is 5.75 Å². The van der Waals surface area contributed by atoms with Gasteiger partial charge in [-0.3, -0.25) is 14.3 Å². The van der Waals surface area contributed by atoms with Gasteiger partial charge in [0.15, 0.2) is 11.4 Å². The number of benzene rings is 1. The zero-order chi connectivity index (χ0) is 17.0. The van der Waals surface area contributed by atoms with E-state index in [1.807, 2.05) is 6.07 Å². The van der Waals surface area contributed by atoms with E-state index in [0.717, 1.165) is 23.5 Å². The lowest BCUT2D eigenvalue weighted by atomic mass is 10.2. The van der Waals surface area contributed by atoms with Crippen molar-refractivity contribution in [2.45, 2.75) is 6.61 Å². The number of hydrogen-bond acceptors (Lipinski definition) is 6. The van der Waals surface area contributed by atoms with Crippen LogP contribution in [-0.2, 0) is 11.3 Å². The maximum atomic E-state index is 12.4. The molecule has 1 aromatic heterocycles. The van der Waals surface area contributed by atoms with Crippen LogP contribution >= 0.6 is 0 Å². The van der Waals surface area contributed by atoms with E-state index in [4.69, 9.17) is 16.3 Å². The van der Waals surface area contributed by atoms with E-state index in [0.29, 0.717) is 0 Å². The molecule has 0 bridgehead atoms. The Labute approximate surface area is 131 Å². The van der Waals surface area contributed by atoms with E-state index >= 15 is 0 Å². The van der Waals surface area contributed by atoms with Gasteiger partial charge >= 0.3 is 5.97 Å². The van der Waals surface area contributed by atoms with Crippen LogP contribution in [0.3, 0.4) is 0 Å². The van der Waals surface area contributed by atoms with Gasteiger partial charge < -0.3 is 21.1 Å². The van der Waals surface area contributed by atoms with E-state index in [2.05, 4.69) is 4.74 Å². The number of primary amides is 1. The van der Waals surface area contributed by atoms with Crippen molar-refractivity contribution in [2.24, 2.45) is 5.73 Å². The molecule has 0 spiro atoms. The van der Waals surface area contributed by atoms with Crippen LogP contribution in [0.15, 0.2) is 41.3 Å². The molecule has 2 aromatic rings. The summed E-state index contributed by atoms with van der Waals surface area (Å²) in [5.74, 6) is 3.40. The fourth-order valence-corrected chi connectivity index (χ4v) is 1.97. The lowest BCUT2D eigenvalue weighted by Gasteiger charge is -2.14. The summed E-state index contributed by atoms with van der Waals surface area (Å²) in [4.78, 5) is 35.5. The molecule has 0 saturated heterocycles. The number of pyridine rings is 1. The van der Waals surface area contributed by atoms with Crippen molar-refractivity contribution in [1.29, 1.82) is 0 Å². The largest absolute Gasteiger partial charge is 0.482 e. The SMILES string of the molecule is COC(=O)c1cn(N)c(C(N)=O)c(OCc2ccccc2)c1=O. The zero-order valence-corrected chi connectivity index (χ0v) is 12.3. The van der Waals surface area contributed by atoms with Gasteiger partial charge in [-0.1, -0.05) is 30.3 Å². The summed E-state index contributed by atoms with van der Waals surface area (Å²) < 4.78 is 10.7. The molecule has 0 unspecified atom stereocenters. The summed E-state index contributed by atoms with van der Waals surface area (Å²) in [5, 5.41) is 0. The highest BCUT2D eigenvalue weighted by Gasteiger charge is 2.24. The molecule has 0 aliphatic rings. The van der Waals surface area contributed by atoms with Crippen molar-refractivity contribution >= 4 is 11.9 Å². The van der Waals surface area contributed by atoms with Crippen LogP contribution in [0, 0.1) is 0 Å². The Balaban J connectivity index is 2.50. The number of nitrogen functional groups attached to an aromatic ring is 1. The number of carbonyl (C=O) groups excluding carboxylic acids is 2. The van der Waals surface area contributed by atoms with Crippen molar-refractivity contribution in [3.63, 3.8) is 0 Å². The van der Waals surface area contributed by atoms with E-state index in [-0.39, 0.29) is 17.9 Å².